The van der Waals surface area contributed by atoms with Gasteiger partial charge < -0.3 is 4.74 Å². The van der Waals surface area contributed by atoms with Gasteiger partial charge in [0.2, 0.25) is 0 Å². The summed E-state index contributed by atoms with van der Waals surface area (Å²) >= 11 is 3.33. The predicted molar refractivity (Wildman–Crippen MR) is 119 cm³/mol. The SMILES string of the molecule is COCCn1c(SCc2csc(-c3ccc(C)cc3)n2)nnc1-c1ccccc1. The molecule has 0 bridgehead atoms. The van der Waals surface area contributed by atoms with Gasteiger partial charge in [0, 0.05) is 29.4 Å². The van der Waals surface area contributed by atoms with Crippen molar-refractivity contribution in [2.45, 2.75) is 24.4 Å². The molecule has 0 N–H and O–H groups in total. The summed E-state index contributed by atoms with van der Waals surface area (Å²) in [6, 6.07) is 18.6. The van der Waals surface area contributed by atoms with Gasteiger partial charge in [0.1, 0.15) is 5.01 Å². The summed E-state index contributed by atoms with van der Waals surface area (Å²) in [5.74, 6) is 1.62. The Hall–Kier alpha value is -2.48. The number of aromatic nitrogens is 4. The Balaban J connectivity index is 1.51. The molecule has 0 amide bonds. The second-order valence-corrected chi connectivity index (χ2v) is 8.42. The molecule has 5 nitrogen and oxygen atoms in total. The summed E-state index contributed by atoms with van der Waals surface area (Å²) in [7, 11) is 1.71. The number of nitrogens with zero attached hydrogens (tertiary/aromatic N) is 4. The maximum atomic E-state index is 5.29. The molecule has 0 radical (unpaired) electrons. The second-order valence-electron chi connectivity index (χ2n) is 6.62. The predicted octanol–water partition coefficient (Wildman–Crippen LogP) is 5.32. The summed E-state index contributed by atoms with van der Waals surface area (Å²) < 4.78 is 7.41. The molecule has 0 saturated heterocycles. The fourth-order valence-corrected chi connectivity index (χ4v) is 4.71. The topological polar surface area (TPSA) is 52.8 Å². The van der Waals surface area contributed by atoms with E-state index in [0.29, 0.717) is 13.2 Å². The number of rotatable bonds is 8. The van der Waals surface area contributed by atoms with Gasteiger partial charge in [0.25, 0.3) is 0 Å². The lowest BCUT2D eigenvalue weighted by Gasteiger charge is -2.09. The van der Waals surface area contributed by atoms with Gasteiger partial charge in [-0.2, -0.15) is 0 Å². The van der Waals surface area contributed by atoms with Crippen molar-refractivity contribution in [2.75, 3.05) is 13.7 Å². The molecule has 2 aromatic carbocycles. The molecule has 4 rings (SSSR count). The minimum atomic E-state index is 0.611. The lowest BCUT2D eigenvalue weighted by molar-refractivity contribution is 0.185. The summed E-state index contributed by atoms with van der Waals surface area (Å²) in [6.07, 6.45) is 0. The monoisotopic (exact) mass is 422 g/mol. The van der Waals surface area contributed by atoms with Crippen molar-refractivity contribution in [3.63, 3.8) is 0 Å². The Morgan fingerprint density at radius 2 is 1.79 bits per heavy atom. The van der Waals surface area contributed by atoms with Gasteiger partial charge in [0.15, 0.2) is 11.0 Å². The van der Waals surface area contributed by atoms with Crippen molar-refractivity contribution in [3.05, 3.63) is 71.2 Å². The molecule has 0 aliphatic carbocycles. The minimum Gasteiger partial charge on any atom is -0.383 e. The van der Waals surface area contributed by atoms with Crippen LogP contribution in [0.4, 0.5) is 0 Å². The molecule has 0 atom stereocenters. The van der Waals surface area contributed by atoms with Crippen LogP contribution in [0.25, 0.3) is 22.0 Å². The highest BCUT2D eigenvalue weighted by Crippen LogP contribution is 2.29. The number of methoxy groups -OCH3 is 1. The Kier molecular flexibility index (Phi) is 6.39. The highest BCUT2D eigenvalue weighted by molar-refractivity contribution is 7.98. The standard InChI is InChI=1S/C22H22N4OS2/c1-16-8-10-18(11-9-16)21-23-19(14-28-21)15-29-22-25-24-20(26(22)12-13-27-2)17-6-4-3-5-7-17/h3-11,14H,12-13,15H2,1-2H3. The van der Waals surface area contributed by atoms with Crippen LogP contribution in [0, 0.1) is 6.92 Å². The zero-order chi connectivity index (χ0) is 20.1. The maximum absolute atomic E-state index is 5.29. The summed E-state index contributed by atoms with van der Waals surface area (Å²) in [6.45, 7) is 3.42. The number of thiazole rings is 1. The molecule has 4 aromatic rings. The molecule has 0 aliphatic rings. The first-order valence-corrected chi connectivity index (χ1v) is 11.2. The van der Waals surface area contributed by atoms with Crippen molar-refractivity contribution in [3.8, 4) is 22.0 Å². The summed E-state index contributed by atoms with van der Waals surface area (Å²) in [5, 5.41) is 12.9. The number of ether oxygens (including phenoxy) is 1. The first kappa shape index (κ1) is 19.8. The summed E-state index contributed by atoms with van der Waals surface area (Å²) in [5.41, 5.74) is 4.52. The van der Waals surface area contributed by atoms with E-state index in [-0.39, 0.29) is 0 Å². The van der Waals surface area contributed by atoms with Gasteiger partial charge in [-0.25, -0.2) is 4.98 Å². The molecular weight excluding hydrogens is 400 g/mol. The van der Waals surface area contributed by atoms with Crippen LogP contribution in [0.5, 0.6) is 0 Å². The Bertz CT molecular complexity index is 1060. The van der Waals surface area contributed by atoms with E-state index >= 15 is 0 Å². The zero-order valence-corrected chi connectivity index (χ0v) is 18.0. The van der Waals surface area contributed by atoms with Crippen molar-refractivity contribution in [2.24, 2.45) is 0 Å². The fraction of sp³-hybridized carbons (Fsp3) is 0.227. The summed E-state index contributed by atoms with van der Waals surface area (Å²) in [4.78, 5) is 4.80. The lowest BCUT2D eigenvalue weighted by Crippen LogP contribution is -2.07. The highest BCUT2D eigenvalue weighted by Gasteiger charge is 2.15. The number of aryl methyl sites for hydroxylation is 1. The number of hydrogen-bond donors (Lipinski definition) is 0. The first-order valence-electron chi connectivity index (χ1n) is 9.36. The Morgan fingerprint density at radius 1 is 1.00 bits per heavy atom. The fourth-order valence-electron chi connectivity index (χ4n) is 2.92. The van der Waals surface area contributed by atoms with E-state index in [0.717, 1.165) is 38.6 Å². The van der Waals surface area contributed by atoms with E-state index in [4.69, 9.17) is 9.72 Å². The van der Waals surface area contributed by atoms with Crippen LogP contribution >= 0.6 is 23.1 Å². The molecule has 148 valence electrons. The highest BCUT2D eigenvalue weighted by atomic mass is 32.2. The van der Waals surface area contributed by atoms with Crippen LogP contribution in [0.15, 0.2) is 65.1 Å². The van der Waals surface area contributed by atoms with E-state index in [2.05, 4.69) is 63.5 Å². The second kappa shape index (κ2) is 9.35. The Labute approximate surface area is 178 Å². The van der Waals surface area contributed by atoms with E-state index in [1.54, 1.807) is 30.2 Å². The molecular formula is C22H22N4OS2. The van der Waals surface area contributed by atoms with Crippen LogP contribution in [0.1, 0.15) is 11.3 Å². The molecule has 0 fully saturated rings. The van der Waals surface area contributed by atoms with E-state index in [9.17, 15) is 0 Å². The lowest BCUT2D eigenvalue weighted by atomic mass is 10.2. The largest absolute Gasteiger partial charge is 0.383 e. The quantitative estimate of drug-likeness (QED) is 0.360. The van der Waals surface area contributed by atoms with Gasteiger partial charge >= 0.3 is 0 Å². The van der Waals surface area contributed by atoms with Crippen molar-refractivity contribution >= 4 is 23.1 Å². The molecule has 2 heterocycles. The van der Waals surface area contributed by atoms with Gasteiger partial charge in [-0.15, -0.1) is 21.5 Å². The van der Waals surface area contributed by atoms with Gasteiger partial charge in [-0.3, -0.25) is 4.57 Å². The number of hydrogen-bond acceptors (Lipinski definition) is 6. The third-order valence-corrected chi connectivity index (χ3v) is 6.41. The zero-order valence-electron chi connectivity index (χ0n) is 16.4. The normalized spacial score (nSPS) is 11.1. The van der Waals surface area contributed by atoms with Gasteiger partial charge in [-0.05, 0) is 6.92 Å². The molecule has 7 heteroatoms. The third-order valence-electron chi connectivity index (χ3n) is 4.47. The van der Waals surface area contributed by atoms with Crippen molar-refractivity contribution in [1.82, 2.24) is 19.7 Å². The van der Waals surface area contributed by atoms with Crippen LogP contribution < -0.4 is 0 Å². The first-order chi connectivity index (χ1) is 14.2. The van der Waals surface area contributed by atoms with Gasteiger partial charge in [0.05, 0.1) is 18.8 Å². The molecule has 0 unspecified atom stereocenters. The smallest absolute Gasteiger partial charge is 0.191 e. The molecule has 0 aliphatic heterocycles. The molecule has 2 aromatic heterocycles. The third kappa shape index (κ3) is 4.75. The van der Waals surface area contributed by atoms with Gasteiger partial charge in [-0.1, -0.05) is 71.9 Å². The Morgan fingerprint density at radius 3 is 2.55 bits per heavy atom. The average molecular weight is 423 g/mol. The minimum absolute atomic E-state index is 0.611. The average Bonchev–Trinajstić information content (AvgIpc) is 3.39. The van der Waals surface area contributed by atoms with Crippen LogP contribution in [0.3, 0.4) is 0 Å². The maximum Gasteiger partial charge on any atom is 0.191 e. The van der Waals surface area contributed by atoms with Crippen molar-refractivity contribution < 1.29 is 4.74 Å². The van der Waals surface area contributed by atoms with Crippen molar-refractivity contribution in [1.29, 1.82) is 0 Å². The van der Waals surface area contributed by atoms with Crippen LogP contribution in [-0.4, -0.2) is 33.5 Å². The van der Waals surface area contributed by atoms with Crippen LogP contribution in [0.2, 0.25) is 0 Å². The molecule has 0 spiro atoms. The number of benzene rings is 2. The van der Waals surface area contributed by atoms with E-state index in [1.807, 2.05) is 18.2 Å². The molecule has 29 heavy (non-hydrogen) atoms. The molecule has 0 saturated carbocycles. The van der Waals surface area contributed by atoms with Crippen LogP contribution in [-0.2, 0) is 17.0 Å². The number of thioether (sulfide) groups is 1. The van der Waals surface area contributed by atoms with E-state index in [1.165, 1.54) is 5.56 Å². The van der Waals surface area contributed by atoms with E-state index < -0.39 is 0 Å².